The van der Waals surface area contributed by atoms with E-state index in [0.717, 1.165) is 0 Å². The lowest BCUT2D eigenvalue weighted by atomic mass is 10.2. The van der Waals surface area contributed by atoms with Gasteiger partial charge >= 0.3 is 0 Å². The van der Waals surface area contributed by atoms with Gasteiger partial charge in [0.05, 0.1) is 10.5 Å². The second-order valence-electron chi connectivity index (χ2n) is 4.32. The van der Waals surface area contributed by atoms with Crippen LogP contribution in [-0.4, -0.2) is 22.0 Å². The smallest absolute Gasteiger partial charge is 0.267 e. The van der Waals surface area contributed by atoms with E-state index in [-0.39, 0.29) is 5.69 Å². The molecule has 8 heteroatoms. The van der Waals surface area contributed by atoms with Crippen LogP contribution in [0.2, 0.25) is 0 Å². The number of carbonyl (C=O) groups excluding carboxylic acids is 1. The molecule has 1 aromatic heterocycles. The van der Waals surface area contributed by atoms with E-state index in [9.17, 15) is 14.9 Å². The van der Waals surface area contributed by atoms with Crippen molar-refractivity contribution in [3.8, 4) is 0 Å². The molecule has 2 aromatic rings. The van der Waals surface area contributed by atoms with Crippen LogP contribution < -0.4 is 5.43 Å². The predicted octanol–water partition coefficient (Wildman–Crippen LogP) is 3.18. The number of nitro benzene ring substituents is 1. The Hall–Kier alpha value is -2.87. The molecule has 23 heavy (non-hydrogen) atoms. The molecule has 0 spiro atoms. The number of pyridine rings is 1. The lowest BCUT2D eigenvalue weighted by Crippen LogP contribution is -2.17. The summed E-state index contributed by atoms with van der Waals surface area (Å²) >= 11 is 3.23. The highest BCUT2D eigenvalue weighted by molar-refractivity contribution is 9.10. The summed E-state index contributed by atoms with van der Waals surface area (Å²) in [7, 11) is 0. The molecule has 0 aliphatic rings. The van der Waals surface area contributed by atoms with Crippen LogP contribution in [0, 0.1) is 10.1 Å². The molecule has 1 heterocycles. The minimum atomic E-state index is -0.461. The van der Waals surface area contributed by atoms with E-state index >= 15 is 0 Å². The molecule has 1 N–H and O–H groups in total. The first-order valence-corrected chi connectivity index (χ1v) is 7.20. The summed E-state index contributed by atoms with van der Waals surface area (Å²) < 4.78 is 0.694. The minimum Gasteiger partial charge on any atom is -0.267 e. The van der Waals surface area contributed by atoms with E-state index in [2.05, 4.69) is 31.4 Å². The van der Waals surface area contributed by atoms with Crippen LogP contribution in [0.3, 0.4) is 0 Å². The van der Waals surface area contributed by atoms with Crippen molar-refractivity contribution in [1.29, 1.82) is 0 Å². The van der Waals surface area contributed by atoms with Crippen LogP contribution in [0.15, 0.2) is 58.4 Å². The van der Waals surface area contributed by atoms with Crippen molar-refractivity contribution in [3.05, 3.63) is 74.5 Å². The van der Waals surface area contributed by atoms with Crippen molar-refractivity contribution in [1.82, 2.24) is 10.4 Å². The zero-order valence-electron chi connectivity index (χ0n) is 11.7. The van der Waals surface area contributed by atoms with Crippen LogP contribution in [0.5, 0.6) is 0 Å². The van der Waals surface area contributed by atoms with Gasteiger partial charge in [-0.3, -0.25) is 19.9 Å². The van der Waals surface area contributed by atoms with Crippen molar-refractivity contribution in [2.75, 3.05) is 0 Å². The highest BCUT2D eigenvalue weighted by atomic mass is 79.9. The molecule has 0 fully saturated rings. The zero-order valence-corrected chi connectivity index (χ0v) is 13.3. The normalized spacial score (nSPS) is 11.0. The van der Waals surface area contributed by atoms with Crippen LogP contribution >= 0.6 is 15.9 Å². The Kier molecular flexibility index (Phi) is 5.70. The minimum absolute atomic E-state index is 0.0135. The Morgan fingerprint density at radius 3 is 2.91 bits per heavy atom. The van der Waals surface area contributed by atoms with Gasteiger partial charge in [0.15, 0.2) is 0 Å². The number of rotatable bonds is 5. The van der Waals surface area contributed by atoms with E-state index in [1.54, 1.807) is 36.5 Å². The van der Waals surface area contributed by atoms with Gasteiger partial charge in [0.25, 0.3) is 11.6 Å². The monoisotopic (exact) mass is 374 g/mol. The second-order valence-corrected chi connectivity index (χ2v) is 5.24. The van der Waals surface area contributed by atoms with Crippen LogP contribution in [0.4, 0.5) is 5.69 Å². The van der Waals surface area contributed by atoms with E-state index in [0.29, 0.717) is 15.6 Å². The molecular weight excluding hydrogens is 364 g/mol. The van der Waals surface area contributed by atoms with Gasteiger partial charge in [-0.1, -0.05) is 18.2 Å². The number of hydrazone groups is 1. The highest BCUT2D eigenvalue weighted by Crippen LogP contribution is 2.13. The number of halogens is 1. The maximum Gasteiger partial charge on any atom is 0.272 e. The van der Waals surface area contributed by atoms with Crippen molar-refractivity contribution < 1.29 is 9.72 Å². The van der Waals surface area contributed by atoms with Crippen molar-refractivity contribution in [3.63, 3.8) is 0 Å². The molecule has 0 radical (unpaired) electrons. The number of amides is 1. The van der Waals surface area contributed by atoms with Gasteiger partial charge in [-0.05, 0) is 33.6 Å². The fourth-order valence-electron chi connectivity index (χ4n) is 1.64. The largest absolute Gasteiger partial charge is 0.272 e. The van der Waals surface area contributed by atoms with Gasteiger partial charge in [0.2, 0.25) is 0 Å². The number of aromatic nitrogens is 1. The summed E-state index contributed by atoms with van der Waals surface area (Å²) in [6.07, 6.45) is 7.58. The number of benzene rings is 1. The van der Waals surface area contributed by atoms with E-state index in [1.165, 1.54) is 24.5 Å². The summed E-state index contributed by atoms with van der Waals surface area (Å²) in [5.41, 5.74) is 3.40. The molecule has 116 valence electrons. The number of nitrogens with zero attached hydrogens (tertiary/aromatic N) is 3. The Bertz CT molecular complexity index is 790. The van der Waals surface area contributed by atoms with Crippen LogP contribution in [0.25, 0.3) is 6.08 Å². The van der Waals surface area contributed by atoms with Gasteiger partial charge < -0.3 is 0 Å². The summed E-state index contributed by atoms with van der Waals surface area (Å²) in [6, 6.07) is 7.80. The van der Waals surface area contributed by atoms with Crippen LogP contribution in [-0.2, 0) is 0 Å². The van der Waals surface area contributed by atoms with Crippen LogP contribution in [0.1, 0.15) is 15.9 Å². The number of allylic oxidation sites excluding steroid dienone is 1. The van der Waals surface area contributed by atoms with E-state index in [4.69, 9.17) is 0 Å². The van der Waals surface area contributed by atoms with Gasteiger partial charge in [-0.25, -0.2) is 5.43 Å². The van der Waals surface area contributed by atoms with Crippen molar-refractivity contribution in [2.45, 2.75) is 0 Å². The lowest BCUT2D eigenvalue weighted by molar-refractivity contribution is -0.384. The molecule has 0 bridgehead atoms. The SMILES string of the molecule is O=C(N/N=C/C=C/c1cccc([N+](=O)[O-])c1)c1cncc(Br)c1. The molecule has 0 unspecified atom stereocenters. The molecule has 0 aliphatic carbocycles. The standard InChI is InChI=1S/C15H11BrN4O3/c16-13-8-12(9-17-10-13)15(21)19-18-6-2-4-11-3-1-5-14(7-11)20(22)23/h1-10H,(H,19,21)/b4-2+,18-6+. The van der Waals surface area contributed by atoms with Crippen molar-refractivity contribution >= 4 is 39.8 Å². The second kappa shape index (κ2) is 7.95. The van der Waals surface area contributed by atoms with Gasteiger partial charge in [-0.2, -0.15) is 5.10 Å². The molecule has 1 aromatic carbocycles. The third-order valence-electron chi connectivity index (χ3n) is 2.66. The van der Waals surface area contributed by atoms with Gasteiger partial charge in [0.1, 0.15) is 0 Å². The molecule has 0 atom stereocenters. The Labute approximate surface area is 140 Å². The molecule has 0 saturated carbocycles. The maximum absolute atomic E-state index is 11.8. The van der Waals surface area contributed by atoms with E-state index < -0.39 is 10.8 Å². The zero-order chi connectivity index (χ0) is 16.7. The number of hydrogen-bond acceptors (Lipinski definition) is 5. The highest BCUT2D eigenvalue weighted by Gasteiger charge is 2.04. The van der Waals surface area contributed by atoms with Gasteiger partial charge in [-0.15, -0.1) is 0 Å². The first-order valence-electron chi connectivity index (χ1n) is 6.41. The number of carbonyl (C=O) groups is 1. The summed E-state index contributed by atoms with van der Waals surface area (Å²) in [4.78, 5) is 25.8. The number of non-ortho nitro benzene ring substituents is 1. The van der Waals surface area contributed by atoms with E-state index in [1.807, 2.05) is 0 Å². The summed E-state index contributed by atoms with van der Waals surface area (Å²) in [5.74, 6) is -0.390. The fraction of sp³-hybridized carbons (Fsp3) is 0. The fourth-order valence-corrected chi connectivity index (χ4v) is 2.00. The molecule has 2 rings (SSSR count). The maximum atomic E-state index is 11.8. The summed E-state index contributed by atoms with van der Waals surface area (Å²) in [5, 5.41) is 14.4. The predicted molar refractivity (Wildman–Crippen MR) is 90.0 cm³/mol. The Morgan fingerprint density at radius 1 is 1.35 bits per heavy atom. The average Bonchev–Trinajstić information content (AvgIpc) is 2.54. The third-order valence-corrected chi connectivity index (χ3v) is 3.10. The summed E-state index contributed by atoms with van der Waals surface area (Å²) in [6.45, 7) is 0. The van der Waals surface area contributed by atoms with Gasteiger partial charge in [0, 0.05) is 35.2 Å². The molecule has 7 nitrogen and oxygen atoms in total. The quantitative estimate of drug-likeness (QED) is 0.493. The average molecular weight is 375 g/mol. The van der Waals surface area contributed by atoms with Crippen molar-refractivity contribution in [2.24, 2.45) is 5.10 Å². The lowest BCUT2D eigenvalue weighted by Gasteiger charge is -1.98. The molecule has 0 saturated heterocycles. The first kappa shape index (κ1) is 16.5. The first-order chi connectivity index (χ1) is 11.1. The molecule has 0 aliphatic heterocycles. The third kappa shape index (κ3) is 5.11. The number of hydrogen-bond donors (Lipinski definition) is 1. The molecule has 1 amide bonds. The number of nitrogens with one attached hydrogen (secondary N) is 1. The Morgan fingerprint density at radius 2 is 2.17 bits per heavy atom. The molecular formula is C15H11BrN4O3. The Balaban J connectivity index is 1.93. The number of nitro groups is 1. The topological polar surface area (TPSA) is 97.5 Å².